The molecule has 1 amide bonds. The first kappa shape index (κ1) is 20.1. The average molecular weight is 439 g/mol. The Kier molecular flexibility index (Phi) is 4.84. The number of pyridine rings is 1. The monoisotopic (exact) mass is 439 g/mol. The summed E-state index contributed by atoms with van der Waals surface area (Å²) >= 11 is 0. The average Bonchev–Trinajstić information content (AvgIpc) is 3.16. The van der Waals surface area contributed by atoms with Gasteiger partial charge in [0, 0.05) is 36.8 Å². The van der Waals surface area contributed by atoms with Crippen LogP contribution in [-0.2, 0) is 11.3 Å². The van der Waals surface area contributed by atoms with Crippen molar-refractivity contribution in [2.45, 2.75) is 18.9 Å². The molecular weight excluding hydrogens is 420 g/mol. The molecule has 1 saturated heterocycles. The Bertz CT molecular complexity index is 1220. The van der Waals surface area contributed by atoms with E-state index in [2.05, 4.69) is 15.1 Å². The summed E-state index contributed by atoms with van der Waals surface area (Å²) in [7, 11) is 0. The summed E-state index contributed by atoms with van der Waals surface area (Å²) in [5, 5.41) is 13.4. The van der Waals surface area contributed by atoms with Crippen molar-refractivity contribution in [3.8, 4) is 11.8 Å². The minimum absolute atomic E-state index is 0.00236. The number of ether oxygens (including phenoxy) is 1. The van der Waals surface area contributed by atoms with Crippen LogP contribution in [-0.4, -0.2) is 62.6 Å². The molecule has 1 fully saturated rings. The first-order chi connectivity index (χ1) is 15.5. The molecule has 1 unspecified atom stereocenters. The molecule has 164 valence electrons. The zero-order valence-corrected chi connectivity index (χ0v) is 17.0. The number of anilines is 1. The predicted molar refractivity (Wildman–Crippen MR) is 108 cm³/mol. The van der Waals surface area contributed by atoms with Gasteiger partial charge in [0.2, 0.25) is 5.91 Å². The second kappa shape index (κ2) is 7.71. The van der Waals surface area contributed by atoms with Crippen molar-refractivity contribution in [3.05, 3.63) is 48.0 Å². The van der Waals surface area contributed by atoms with Crippen molar-refractivity contribution in [2.24, 2.45) is 5.92 Å². The summed E-state index contributed by atoms with van der Waals surface area (Å²) in [6, 6.07) is 5.34. The van der Waals surface area contributed by atoms with E-state index in [9.17, 15) is 10.1 Å². The van der Waals surface area contributed by atoms with Gasteiger partial charge in [0.05, 0.1) is 25.8 Å². The van der Waals surface area contributed by atoms with Crippen LogP contribution in [0.4, 0.5) is 14.6 Å². The van der Waals surface area contributed by atoms with Gasteiger partial charge in [-0.25, -0.2) is 13.8 Å². The number of carbonyl (C=O) groups is 1. The molecule has 2 aliphatic rings. The Hall–Kier alpha value is -3.81. The fourth-order valence-electron chi connectivity index (χ4n) is 4.31. The second-order valence-electron chi connectivity index (χ2n) is 7.82. The molecule has 0 radical (unpaired) electrons. The maximum atomic E-state index is 15.2. The van der Waals surface area contributed by atoms with Crippen molar-refractivity contribution in [2.75, 3.05) is 31.1 Å². The van der Waals surface area contributed by atoms with Gasteiger partial charge in [0.1, 0.15) is 35.7 Å². The molecule has 0 N–H and O–H groups in total. The first-order valence-corrected chi connectivity index (χ1v) is 10.2. The number of rotatable bonds is 2. The van der Waals surface area contributed by atoms with Crippen molar-refractivity contribution in [1.82, 2.24) is 24.5 Å². The van der Waals surface area contributed by atoms with Gasteiger partial charge in [-0.05, 0) is 12.5 Å². The van der Waals surface area contributed by atoms with E-state index in [1.54, 1.807) is 24.5 Å². The summed E-state index contributed by atoms with van der Waals surface area (Å²) < 4.78 is 37.6. The molecule has 1 atom stereocenters. The van der Waals surface area contributed by atoms with Gasteiger partial charge in [-0.1, -0.05) is 0 Å². The number of nitrogens with zero attached hydrogens (tertiary/aromatic N) is 7. The van der Waals surface area contributed by atoms with Gasteiger partial charge in [-0.2, -0.15) is 14.9 Å². The third-order valence-electron chi connectivity index (χ3n) is 5.86. The third-order valence-corrected chi connectivity index (χ3v) is 5.86. The van der Waals surface area contributed by atoms with Gasteiger partial charge in [-0.3, -0.25) is 9.78 Å². The zero-order valence-electron chi connectivity index (χ0n) is 17.0. The maximum Gasteiger partial charge on any atom is 0.276 e. The SMILES string of the molecule is N#Cc1cncc2c1OCCN(C(=O)C1CCN(c3ccnc4ccnn34)CC1(F)F)C2. The Morgan fingerprint density at radius 2 is 2.12 bits per heavy atom. The van der Waals surface area contributed by atoms with Crippen LogP contribution in [0.1, 0.15) is 17.5 Å². The first-order valence-electron chi connectivity index (χ1n) is 10.2. The van der Waals surface area contributed by atoms with Crippen LogP contribution in [0.25, 0.3) is 5.65 Å². The molecular formula is C21H19F2N7O2. The van der Waals surface area contributed by atoms with Gasteiger partial charge >= 0.3 is 0 Å². The quantitative estimate of drug-likeness (QED) is 0.601. The van der Waals surface area contributed by atoms with Crippen LogP contribution in [0, 0.1) is 17.2 Å². The Balaban J connectivity index is 1.36. The lowest BCUT2D eigenvalue weighted by Gasteiger charge is -2.40. The number of hydrogen-bond acceptors (Lipinski definition) is 7. The molecule has 0 saturated carbocycles. The highest BCUT2D eigenvalue weighted by Gasteiger charge is 2.50. The van der Waals surface area contributed by atoms with Crippen molar-refractivity contribution >= 4 is 17.4 Å². The summed E-state index contributed by atoms with van der Waals surface area (Å²) in [5.74, 6) is -4.42. The minimum Gasteiger partial charge on any atom is -0.490 e. The molecule has 3 aromatic rings. The maximum absolute atomic E-state index is 15.2. The summed E-state index contributed by atoms with van der Waals surface area (Å²) in [5.41, 5.74) is 1.36. The summed E-state index contributed by atoms with van der Waals surface area (Å²) in [6.07, 6.45) is 6.00. The number of halogens is 2. The van der Waals surface area contributed by atoms with E-state index < -0.39 is 24.3 Å². The van der Waals surface area contributed by atoms with Crippen LogP contribution in [0.15, 0.2) is 36.9 Å². The molecule has 0 spiro atoms. The Labute approximate surface area is 181 Å². The summed E-state index contributed by atoms with van der Waals surface area (Å²) in [6.45, 7) is 0.0454. The lowest BCUT2D eigenvalue weighted by Crippen LogP contribution is -2.55. The number of fused-ring (bicyclic) bond motifs is 2. The molecule has 0 aromatic carbocycles. The van der Waals surface area contributed by atoms with Crippen LogP contribution in [0.3, 0.4) is 0 Å². The van der Waals surface area contributed by atoms with E-state index in [1.165, 1.54) is 26.7 Å². The summed E-state index contributed by atoms with van der Waals surface area (Å²) in [4.78, 5) is 24.2. The van der Waals surface area contributed by atoms with Gasteiger partial charge in [0.15, 0.2) is 5.65 Å². The number of piperidine rings is 1. The highest BCUT2D eigenvalue weighted by Crippen LogP contribution is 2.37. The number of hydrogen-bond donors (Lipinski definition) is 0. The molecule has 0 aliphatic carbocycles. The minimum atomic E-state index is -3.24. The predicted octanol–water partition coefficient (Wildman–Crippen LogP) is 1.88. The zero-order chi connectivity index (χ0) is 22.3. The number of aromatic nitrogens is 4. The van der Waals surface area contributed by atoms with Gasteiger partial charge in [0.25, 0.3) is 5.92 Å². The Morgan fingerprint density at radius 1 is 1.25 bits per heavy atom. The van der Waals surface area contributed by atoms with E-state index in [0.29, 0.717) is 22.8 Å². The van der Waals surface area contributed by atoms with Gasteiger partial charge in [-0.15, -0.1) is 0 Å². The Morgan fingerprint density at radius 3 is 2.94 bits per heavy atom. The van der Waals surface area contributed by atoms with Crippen molar-refractivity contribution in [3.63, 3.8) is 0 Å². The fraction of sp³-hybridized carbons (Fsp3) is 0.381. The molecule has 5 rings (SSSR count). The standard InChI is InChI=1S/C21H19F2N7O2/c22-21(23)13-29(18-2-4-26-17-1-5-27-30(17)18)6-3-16(21)20(31)28-7-8-32-19-14(9-24)10-25-11-15(19)12-28/h1-2,4-5,10-11,16H,3,6-8,12-13H2. The topological polar surface area (TPSA) is 99.6 Å². The van der Waals surface area contributed by atoms with Gasteiger partial charge < -0.3 is 14.5 Å². The normalized spacial score (nSPS) is 20.2. The van der Waals surface area contributed by atoms with Crippen LogP contribution in [0.2, 0.25) is 0 Å². The highest BCUT2D eigenvalue weighted by atomic mass is 19.3. The third kappa shape index (κ3) is 3.37. The molecule has 9 nitrogen and oxygen atoms in total. The van der Waals surface area contributed by atoms with Crippen molar-refractivity contribution in [1.29, 1.82) is 5.26 Å². The van der Waals surface area contributed by atoms with E-state index in [-0.39, 0.29) is 38.2 Å². The number of amides is 1. The van der Waals surface area contributed by atoms with E-state index >= 15 is 8.78 Å². The molecule has 2 aliphatic heterocycles. The lowest BCUT2D eigenvalue weighted by atomic mass is 9.91. The molecule has 32 heavy (non-hydrogen) atoms. The molecule has 0 bridgehead atoms. The van der Waals surface area contributed by atoms with Crippen LogP contribution in [0.5, 0.6) is 5.75 Å². The van der Waals surface area contributed by atoms with E-state index in [1.807, 2.05) is 6.07 Å². The lowest BCUT2D eigenvalue weighted by molar-refractivity contribution is -0.152. The molecule has 3 aromatic heterocycles. The molecule has 11 heteroatoms. The van der Waals surface area contributed by atoms with E-state index in [0.717, 1.165) is 0 Å². The largest absolute Gasteiger partial charge is 0.490 e. The van der Waals surface area contributed by atoms with E-state index in [4.69, 9.17) is 4.74 Å². The fourth-order valence-corrected chi connectivity index (χ4v) is 4.31. The number of carbonyl (C=O) groups excluding carboxylic acids is 1. The van der Waals surface area contributed by atoms with Crippen LogP contribution < -0.4 is 9.64 Å². The van der Waals surface area contributed by atoms with Crippen molar-refractivity contribution < 1.29 is 18.3 Å². The van der Waals surface area contributed by atoms with Crippen LogP contribution >= 0.6 is 0 Å². The highest BCUT2D eigenvalue weighted by molar-refractivity contribution is 5.80. The second-order valence-corrected chi connectivity index (χ2v) is 7.82. The molecule has 5 heterocycles. The number of nitriles is 1. The smallest absolute Gasteiger partial charge is 0.276 e. The number of alkyl halides is 2.